The van der Waals surface area contributed by atoms with E-state index in [1.807, 2.05) is 55.5 Å². The molecule has 15 heteroatoms. The van der Waals surface area contributed by atoms with Gasteiger partial charge in [-0.2, -0.15) is 0 Å². The fourth-order valence-electron chi connectivity index (χ4n) is 6.05. The van der Waals surface area contributed by atoms with Gasteiger partial charge < -0.3 is 30.3 Å². The summed E-state index contributed by atoms with van der Waals surface area (Å²) in [5.41, 5.74) is 5.07. The topological polar surface area (TPSA) is 184 Å². The van der Waals surface area contributed by atoms with Crippen molar-refractivity contribution in [3.8, 4) is 28.3 Å². The number of carboxylic acids is 2. The molecule has 4 rings (SSSR count). The number of pyridine rings is 2. The van der Waals surface area contributed by atoms with Crippen LogP contribution >= 0.6 is 12.4 Å². The number of nitrogens with one attached hydrogen (secondary N) is 2. The summed E-state index contributed by atoms with van der Waals surface area (Å²) in [5, 5.41) is 23.8. The maximum absolute atomic E-state index is 12.5. The van der Waals surface area contributed by atoms with Crippen LogP contribution in [0.25, 0.3) is 34.3 Å². The minimum Gasteiger partial charge on any atom is -0.493 e. The van der Waals surface area contributed by atoms with E-state index in [1.54, 1.807) is 56.4 Å². The summed E-state index contributed by atoms with van der Waals surface area (Å²) >= 11 is 0. The first-order valence-electron chi connectivity index (χ1n) is 21.2. The van der Waals surface area contributed by atoms with E-state index in [0.717, 1.165) is 61.1 Å². The molecule has 4 amide bonds. The molecule has 2 heterocycles. The summed E-state index contributed by atoms with van der Waals surface area (Å²) in [4.78, 5) is 58.8. The molecule has 14 nitrogen and oxygen atoms in total. The third-order valence-electron chi connectivity index (χ3n) is 9.45. The lowest BCUT2D eigenvalue weighted by molar-refractivity contribution is -0.132. The van der Waals surface area contributed by atoms with E-state index in [9.17, 15) is 19.2 Å². The number of benzene rings is 2. The number of carbonyl (C=O) groups is 4. The van der Waals surface area contributed by atoms with Crippen LogP contribution in [0.15, 0.2) is 91.1 Å². The van der Waals surface area contributed by atoms with Crippen molar-refractivity contribution >= 4 is 59.7 Å². The number of carboxylic acid groups (broad SMARTS) is 2. The molecule has 0 fully saturated rings. The van der Waals surface area contributed by atoms with Crippen molar-refractivity contribution in [1.82, 2.24) is 20.6 Å². The van der Waals surface area contributed by atoms with Crippen molar-refractivity contribution in [3.05, 3.63) is 102 Å². The Morgan fingerprint density at radius 3 is 1.97 bits per heavy atom. The van der Waals surface area contributed by atoms with Crippen LogP contribution in [0.4, 0.5) is 21.1 Å². The molecule has 0 spiro atoms. The number of hydrogen-bond donors (Lipinski definition) is 4. The molecule has 63 heavy (non-hydrogen) atoms. The Morgan fingerprint density at radius 2 is 1.33 bits per heavy atom. The van der Waals surface area contributed by atoms with Gasteiger partial charge in [0.1, 0.15) is 17.3 Å². The molecule has 2 aromatic heterocycles. The number of hydrogen-bond acceptors (Lipinski definition) is 8. The number of aromatic nitrogens is 2. The monoisotopic (exact) mass is 886 g/mol. The van der Waals surface area contributed by atoms with Crippen LogP contribution in [0, 0.1) is 0 Å². The number of rotatable bonds is 22. The molecule has 0 unspecified atom stereocenters. The Bertz CT molecular complexity index is 2110. The first-order valence-corrected chi connectivity index (χ1v) is 21.2. The second kappa shape index (κ2) is 29.0. The Morgan fingerprint density at radius 1 is 0.698 bits per heavy atom. The molecule has 0 saturated heterocycles. The molecule has 340 valence electrons. The zero-order chi connectivity index (χ0) is 45.3. The summed E-state index contributed by atoms with van der Waals surface area (Å²) in [5.74, 6) is -0.697. The maximum Gasteiger partial charge on any atom is 0.332 e. The van der Waals surface area contributed by atoms with Crippen LogP contribution in [0.3, 0.4) is 0 Å². The van der Waals surface area contributed by atoms with Gasteiger partial charge in [-0.3, -0.25) is 14.8 Å². The molecular formula is C48H63ClN6O8. The molecule has 0 aliphatic rings. The lowest BCUT2D eigenvalue weighted by Crippen LogP contribution is -2.38. The van der Waals surface area contributed by atoms with Crippen LogP contribution in [0.5, 0.6) is 5.75 Å². The van der Waals surface area contributed by atoms with E-state index in [1.165, 1.54) is 30.2 Å². The van der Waals surface area contributed by atoms with Crippen molar-refractivity contribution < 1.29 is 38.9 Å². The highest BCUT2D eigenvalue weighted by Crippen LogP contribution is 2.29. The number of anilines is 2. The number of ether oxygens (including phenoxy) is 2. The summed E-state index contributed by atoms with van der Waals surface area (Å²) in [7, 11) is 3.43. The fourth-order valence-corrected chi connectivity index (χ4v) is 6.05. The summed E-state index contributed by atoms with van der Waals surface area (Å²) < 4.78 is 11.1. The minimum atomic E-state index is -1.06. The van der Waals surface area contributed by atoms with Gasteiger partial charge >= 0.3 is 24.0 Å². The quantitative estimate of drug-likeness (QED) is 0.0336. The number of carbonyl (C=O) groups excluding carboxylic acids is 2. The number of aliphatic carboxylic acids is 2. The molecule has 0 atom stereocenters. The average molecular weight is 888 g/mol. The van der Waals surface area contributed by atoms with Crippen molar-refractivity contribution in [1.29, 1.82) is 0 Å². The normalized spacial score (nSPS) is 10.8. The predicted octanol–water partition coefficient (Wildman–Crippen LogP) is 10.3. The van der Waals surface area contributed by atoms with E-state index in [2.05, 4.69) is 34.4 Å². The zero-order valence-corrected chi connectivity index (χ0v) is 38.1. The van der Waals surface area contributed by atoms with E-state index in [4.69, 9.17) is 19.7 Å². The average Bonchev–Trinajstić information content (AvgIpc) is 3.28. The molecular weight excluding hydrogens is 824 g/mol. The summed E-state index contributed by atoms with van der Waals surface area (Å²) in [6.07, 6.45) is 14.0. The van der Waals surface area contributed by atoms with Crippen molar-refractivity contribution in [3.63, 3.8) is 0 Å². The molecule has 0 aliphatic heterocycles. The SMILES string of the molecule is CCCCCCCNC(=O)N(C)c1cccc(-c2cc(OCC)c(/C=C\C(=O)O)cn2)c1.CCCCCNC(=O)N(C)c1cccc(-c2ccc(/C(=C/C(=O)O)OCC)cc2)n1.Cl. The second-order valence-electron chi connectivity index (χ2n) is 14.2. The van der Waals surface area contributed by atoms with Gasteiger partial charge in [0.15, 0.2) is 0 Å². The molecule has 2 aromatic carbocycles. The Kier molecular flexibility index (Phi) is 24.3. The van der Waals surface area contributed by atoms with Crippen LogP contribution in [0.1, 0.15) is 90.2 Å². The van der Waals surface area contributed by atoms with Crippen molar-refractivity contribution in [2.75, 3.05) is 50.2 Å². The summed E-state index contributed by atoms with van der Waals surface area (Å²) in [6, 6.07) is 21.8. The Balaban J connectivity index is 0.000000428. The summed E-state index contributed by atoms with van der Waals surface area (Å²) in [6.45, 7) is 10.1. The highest BCUT2D eigenvalue weighted by molar-refractivity contribution is 5.93. The Labute approximate surface area is 377 Å². The van der Waals surface area contributed by atoms with Crippen LogP contribution in [0.2, 0.25) is 0 Å². The lowest BCUT2D eigenvalue weighted by atomic mass is 10.1. The van der Waals surface area contributed by atoms with E-state index >= 15 is 0 Å². The third-order valence-corrected chi connectivity index (χ3v) is 9.45. The molecule has 0 aliphatic carbocycles. The van der Waals surface area contributed by atoms with E-state index in [-0.39, 0.29) is 24.5 Å². The maximum atomic E-state index is 12.5. The van der Waals surface area contributed by atoms with Crippen LogP contribution in [-0.4, -0.2) is 84.6 Å². The third kappa shape index (κ3) is 18.2. The smallest absolute Gasteiger partial charge is 0.332 e. The Hall–Kier alpha value is -6.41. The zero-order valence-electron chi connectivity index (χ0n) is 37.3. The number of nitrogens with zero attached hydrogens (tertiary/aromatic N) is 4. The van der Waals surface area contributed by atoms with Gasteiger partial charge in [-0.1, -0.05) is 94.8 Å². The first kappa shape index (κ1) is 52.7. The van der Waals surface area contributed by atoms with Gasteiger partial charge in [0.25, 0.3) is 0 Å². The van der Waals surface area contributed by atoms with Gasteiger partial charge in [0.05, 0.1) is 30.7 Å². The van der Waals surface area contributed by atoms with Gasteiger partial charge in [0.2, 0.25) is 0 Å². The largest absolute Gasteiger partial charge is 0.493 e. The van der Waals surface area contributed by atoms with Crippen LogP contribution in [-0.2, 0) is 14.3 Å². The van der Waals surface area contributed by atoms with Gasteiger partial charge in [0, 0.05) is 73.5 Å². The van der Waals surface area contributed by atoms with Crippen molar-refractivity contribution in [2.24, 2.45) is 0 Å². The molecule has 0 bridgehead atoms. The molecule has 0 saturated carbocycles. The first-order chi connectivity index (χ1) is 29.9. The molecule has 4 N–H and O–H groups in total. The fraction of sp³-hybridized carbons (Fsp3) is 0.375. The predicted molar refractivity (Wildman–Crippen MR) is 254 cm³/mol. The van der Waals surface area contributed by atoms with Crippen molar-refractivity contribution in [2.45, 2.75) is 79.1 Å². The molecule has 0 radical (unpaired) electrons. The standard InChI is InChI=1S/C25H33N3O4.C23H29N3O4.ClH/c1-4-6-7-8-9-15-26-25(31)28(3)21-12-10-11-19(16-21)22-17-23(32-5-2)20(18-27-22)13-14-24(29)30;1-4-6-7-15-24-23(29)26(3)21-10-8-9-19(25-21)17-11-13-18(14-12-17)20(30-5-2)16-22(27)28;/h10-14,16-18H,4-9,15H2,1-3H3,(H,26,31)(H,29,30);8-14,16H,4-7,15H2,1-3H3,(H,24,29)(H,27,28);1H/b14-13-;20-16-;. The second-order valence-corrected chi connectivity index (χ2v) is 14.2. The number of halogens is 1. The number of amides is 4. The molecule has 4 aromatic rings. The van der Waals surface area contributed by atoms with Gasteiger partial charge in [-0.25, -0.2) is 24.2 Å². The highest BCUT2D eigenvalue weighted by atomic mass is 35.5. The number of urea groups is 2. The minimum absolute atomic E-state index is 0. The van der Waals surface area contributed by atoms with E-state index < -0.39 is 11.9 Å². The van der Waals surface area contributed by atoms with Gasteiger partial charge in [-0.05, 0) is 57.0 Å². The van der Waals surface area contributed by atoms with Gasteiger partial charge in [-0.15, -0.1) is 12.4 Å². The van der Waals surface area contributed by atoms with Crippen LogP contribution < -0.4 is 25.2 Å². The highest BCUT2D eigenvalue weighted by Gasteiger charge is 2.15. The lowest BCUT2D eigenvalue weighted by Gasteiger charge is -2.19. The number of unbranched alkanes of at least 4 members (excludes halogenated alkanes) is 6. The van der Waals surface area contributed by atoms with E-state index in [0.29, 0.717) is 66.1 Å².